The Balaban J connectivity index is 0.000000655. The van der Waals surface area contributed by atoms with Crippen LogP contribution in [0.25, 0.3) is 0 Å². The number of rotatable bonds is 9. The van der Waals surface area contributed by atoms with Crippen LogP contribution in [0.2, 0.25) is 0 Å². The molecule has 0 aromatic heterocycles. The lowest BCUT2D eigenvalue weighted by Gasteiger charge is -2.46. The van der Waals surface area contributed by atoms with Crippen molar-refractivity contribution in [1.82, 2.24) is 0 Å². The van der Waals surface area contributed by atoms with Crippen molar-refractivity contribution in [3.8, 4) is 0 Å². The molecule has 0 amide bonds. The Labute approximate surface area is 324 Å². The first-order valence-electron chi connectivity index (χ1n) is 21.6. The van der Waals surface area contributed by atoms with Gasteiger partial charge in [0, 0.05) is 32.3 Å². The van der Waals surface area contributed by atoms with Gasteiger partial charge in [-0.05, 0) is 76.2 Å². The van der Waals surface area contributed by atoms with Crippen molar-refractivity contribution in [2.45, 2.75) is 226 Å². The van der Waals surface area contributed by atoms with E-state index in [1.807, 2.05) is 48.5 Å². The highest BCUT2D eigenvalue weighted by molar-refractivity contribution is 5.79. The van der Waals surface area contributed by atoms with Crippen LogP contribution in [-0.2, 0) is 33.2 Å². The van der Waals surface area contributed by atoms with E-state index in [2.05, 4.69) is 33.9 Å². The molecule has 0 aromatic rings. The van der Waals surface area contributed by atoms with Gasteiger partial charge in [0.05, 0.1) is 68.1 Å². The summed E-state index contributed by atoms with van der Waals surface area (Å²) >= 11 is 0. The van der Waals surface area contributed by atoms with Crippen molar-refractivity contribution in [3.05, 3.63) is 24.3 Å². The van der Waals surface area contributed by atoms with Crippen LogP contribution in [-0.4, -0.2) is 103 Å². The predicted octanol–water partition coefficient (Wildman–Crippen LogP) is 9.10. The normalized spacial score (nSPS) is 36.0. The van der Waals surface area contributed by atoms with Gasteiger partial charge >= 0.3 is 0 Å². The summed E-state index contributed by atoms with van der Waals surface area (Å²) in [5, 5.41) is 21.6. The van der Waals surface area contributed by atoms with Gasteiger partial charge in [-0.3, -0.25) is 4.79 Å². The Morgan fingerprint density at radius 3 is 1.83 bits per heavy atom. The highest BCUT2D eigenvalue weighted by Crippen LogP contribution is 2.38. The molecule has 2 N–H and O–H groups in total. The van der Waals surface area contributed by atoms with Gasteiger partial charge in [-0.2, -0.15) is 0 Å². The van der Waals surface area contributed by atoms with E-state index in [0.717, 1.165) is 63.7 Å². The molecule has 6 heterocycles. The van der Waals surface area contributed by atoms with Crippen LogP contribution < -0.4 is 0 Å². The summed E-state index contributed by atoms with van der Waals surface area (Å²) in [7, 11) is 0. The number of carbonyl (C=O) groups is 1. The van der Waals surface area contributed by atoms with Crippen LogP contribution in [0.3, 0.4) is 0 Å². The first-order valence-corrected chi connectivity index (χ1v) is 21.6. The molecule has 6 rings (SSSR count). The third-order valence-electron chi connectivity index (χ3n) is 10.4. The van der Waals surface area contributed by atoms with Crippen molar-refractivity contribution in [1.29, 1.82) is 0 Å². The zero-order valence-corrected chi connectivity index (χ0v) is 35.6. The summed E-state index contributed by atoms with van der Waals surface area (Å²) in [5.41, 5.74) is 2.39. The predicted molar refractivity (Wildman–Crippen MR) is 215 cm³/mol. The number of Topliss-reactive ketones (excluding diaryl/α,β-unsaturated/α-hetero) is 1. The van der Waals surface area contributed by atoms with Gasteiger partial charge in [0.15, 0.2) is 0 Å². The Kier molecular flexibility index (Phi) is 26.6. The van der Waals surface area contributed by atoms with Gasteiger partial charge in [-0.15, -0.1) is 0 Å². The molecular formula is C44H82O9. The fraction of sp³-hybridized carbons (Fsp3) is 0.886. The molecule has 0 radical (unpaired) electrons. The number of fused-ring (bicyclic) bond motifs is 1. The summed E-state index contributed by atoms with van der Waals surface area (Å²) < 4.78 is 35.5. The van der Waals surface area contributed by atoms with Crippen LogP contribution in [0.4, 0.5) is 0 Å². The highest BCUT2D eigenvalue weighted by Gasteiger charge is 2.49. The molecule has 0 aliphatic carbocycles. The average molecular weight is 755 g/mol. The van der Waals surface area contributed by atoms with Crippen molar-refractivity contribution >= 4 is 5.78 Å². The van der Waals surface area contributed by atoms with E-state index in [-0.39, 0.29) is 42.4 Å². The summed E-state index contributed by atoms with van der Waals surface area (Å²) in [4.78, 5) is 12.6. The van der Waals surface area contributed by atoms with E-state index < -0.39 is 24.4 Å². The fourth-order valence-corrected chi connectivity index (χ4v) is 7.67. The Hall–Kier alpha value is -1.17. The quantitative estimate of drug-likeness (QED) is 0.223. The Morgan fingerprint density at radius 1 is 0.679 bits per heavy atom. The van der Waals surface area contributed by atoms with Crippen molar-refractivity contribution < 1.29 is 43.4 Å². The molecule has 312 valence electrons. The Morgan fingerprint density at radius 2 is 1.26 bits per heavy atom. The van der Waals surface area contributed by atoms with Crippen LogP contribution in [0, 0.1) is 5.92 Å². The summed E-state index contributed by atoms with van der Waals surface area (Å²) in [5.74, 6) is 0.510. The van der Waals surface area contributed by atoms with Crippen molar-refractivity contribution in [3.63, 3.8) is 0 Å². The van der Waals surface area contributed by atoms with E-state index in [0.29, 0.717) is 44.3 Å². The maximum atomic E-state index is 12.6. The topological polar surface area (TPSA) is 113 Å². The summed E-state index contributed by atoms with van der Waals surface area (Å²) in [6.45, 7) is 30.5. The van der Waals surface area contributed by atoms with Crippen molar-refractivity contribution in [2.75, 3.05) is 19.8 Å². The lowest BCUT2D eigenvalue weighted by atomic mass is 9.87. The molecule has 6 saturated heterocycles. The summed E-state index contributed by atoms with van der Waals surface area (Å²) in [6.07, 6.45) is 9.47. The van der Waals surface area contributed by atoms with Crippen LogP contribution in [0.1, 0.15) is 159 Å². The second kappa shape index (κ2) is 28.3. The molecule has 0 unspecified atom stereocenters. The van der Waals surface area contributed by atoms with Gasteiger partial charge in [0.1, 0.15) is 18.0 Å². The number of carbonyl (C=O) groups excluding carboxylic acids is 1. The zero-order valence-electron chi connectivity index (χ0n) is 35.6. The van der Waals surface area contributed by atoms with Gasteiger partial charge in [-0.25, -0.2) is 0 Å². The minimum atomic E-state index is -0.701. The van der Waals surface area contributed by atoms with E-state index in [4.69, 9.17) is 28.4 Å². The van der Waals surface area contributed by atoms with Crippen LogP contribution >= 0.6 is 0 Å². The maximum absolute atomic E-state index is 12.6. The van der Waals surface area contributed by atoms with Gasteiger partial charge in [-0.1, -0.05) is 87.5 Å². The number of ether oxygens (including phenoxy) is 6. The smallest absolute Gasteiger partial charge is 0.135 e. The van der Waals surface area contributed by atoms with Crippen LogP contribution in [0.15, 0.2) is 24.3 Å². The largest absolute Gasteiger partial charge is 0.390 e. The highest BCUT2D eigenvalue weighted by atomic mass is 16.6. The zero-order chi connectivity index (χ0) is 39.9. The molecule has 0 aromatic carbocycles. The van der Waals surface area contributed by atoms with Crippen molar-refractivity contribution in [2.24, 2.45) is 5.92 Å². The summed E-state index contributed by atoms with van der Waals surface area (Å²) in [6, 6.07) is 0. The van der Waals surface area contributed by atoms with E-state index in [9.17, 15) is 15.0 Å². The molecule has 12 atom stereocenters. The maximum Gasteiger partial charge on any atom is 0.135 e. The third-order valence-corrected chi connectivity index (χ3v) is 10.4. The second-order valence-corrected chi connectivity index (χ2v) is 14.7. The first-order chi connectivity index (χ1) is 25.6. The average Bonchev–Trinajstić information content (AvgIpc) is 3.90. The fourth-order valence-electron chi connectivity index (χ4n) is 7.67. The monoisotopic (exact) mass is 755 g/mol. The lowest BCUT2D eigenvalue weighted by molar-refractivity contribution is -0.247. The standard InChI is InChI=1S/C27H42O8.C8H14O.C3H8.3C2H6/c1-15-9-19(32-14-15)3-4-21-12-22(29)27(34-21)25-13-23(30)26-24(35-25)6-5-20(33-26)11-18(28)10-17-7-8-31-16(17)2;1-3-8-5-4-7(2)6-9-8;1-3-2;3*1-2/h16-17,19-27,29-30H,1,3-14H2,2H3;8H,2-6H2,1H3;3H2,1-2H3;3*1-2H3/t16-,17-,19-,20+,21+,22+,23+,24-,25+,26+,27-;8-;;;;/m00..../s1. The molecule has 6 aliphatic heterocycles. The SMILES string of the molecule is C=C1CC[C@H](CC)OC1.C=C1CO[C@@H](CC[C@@H]2C[C@@H](O)[C@@H]([C@H]3C[C@@H](O)[C@H]4O[C@@H](CC(=O)C[C@@H]5CCO[C@H]5C)CC[C@@H]4O3)O2)C1.CC.CC.CC.CCC. The second-order valence-electron chi connectivity index (χ2n) is 14.7. The molecule has 6 aliphatic rings. The minimum absolute atomic E-state index is 0.0306. The minimum Gasteiger partial charge on any atom is -0.390 e. The molecule has 53 heavy (non-hydrogen) atoms. The molecule has 9 nitrogen and oxygen atoms in total. The lowest BCUT2D eigenvalue weighted by Crippen LogP contribution is -2.57. The third kappa shape index (κ3) is 17.2. The van der Waals surface area contributed by atoms with E-state index in [1.54, 1.807) is 0 Å². The number of hydrogen-bond donors (Lipinski definition) is 2. The molecular weight excluding hydrogens is 672 g/mol. The van der Waals surface area contributed by atoms with E-state index in [1.165, 1.54) is 24.8 Å². The molecule has 0 saturated carbocycles. The Bertz CT molecular complexity index is 978. The molecule has 0 bridgehead atoms. The molecule has 6 fully saturated rings. The molecule has 0 spiro atoms. The number of aliphatic hydroxyl groups is 2. The number of hydrogen-bond acceptors (Lipinski definition) is 9. The van der Waals surface area contributed by atoms with E-state index >= 15 is 0 Å². The van der Waals surface area contributed by atoms with Gasteiger partial charge < -0.3 is 38.6 Å². The van der Waals surface area contributed by atoms with Gasteiger partial charge in [0.25, 0.3) is 0 Å². The number of aliphatic hydroxyl groups excluding tert-OH is 2. The molecule has 9 heteroatoms. The van der Waals surface area contributed by atoms with Crippen LogP contribution in [0.5, 0.6) is 0 Å². The number of ketones is 1. The van der Waals surface area contributed by atoms with Gasteiger partial charge in [0.2, 0.25) is 0 Å². The first kappa shape index (κ1) is 49.8.